The molecule has 1 fully saturated rings. The van der Waals surface area contributed by atoms with E-state index in [-0.39, 0.29) is 0 Å². The fourth-order valence-electron chi connectivity index (χ4n) is 3.32. The number of pyridine rings is 1. The lowest BCUT2D eigenvalue weighted by atomic mass is 9.97. The summed E-state index contributed by atoms with van der Waals surface area (Å²) in [7, 11) is 0. The van der Waals surface area contributed by atoms with Crippen molar-refractivity contribution in [2.75, 3.05) is 19.6 Å². The zero-order valence-corrected chi connectivity index (χ0v) is 13.5. The Morgan fingerprint density at radius 2 is 2.18 bits per heavy atom. The van der Waals surface area contributed by atoms with E-state index in [1.165, 1.54) is 24.1 Å². The maximum atomic E-state index is 5.85. The molecule has 1 saturated heterocycles. The SMILES string of the molecule is Cc1nn(-c2ccccn2)c(C)c1CN1CCCC(CN)C1. The first-order valence-corrected chi connectivity index (χ1v) is 8.08. The zero-order valence-electron chi connectivity index (χ0n) is 13.5. The molecule has 1 aliphatic heterocycles. The maximum absolute atomic E-state index is 5.85. The molecule has 0 bridgehead atoms. The molecule has 5 heteroatoms. The number of aryl methyl sites for hydroxylation is 1. The molecule has 0 saturated carbocycles. The van der Waals surface area contributed by atoms with Gasteiger partial charge in [0.1, 0.15) is 0 Å². The van der Waals surface area contributed by atoms with Crippen LogP contribution in [0.5, 0.6) is 0 Å². The van der Waals surface area contributed by atoms with Gasteiger partial charge in [-0.15, -0.1) is 0 Å². The van der Waals surface area contributed by atoms with Crippen LogP contribution in [0.15, 0.2) is 24.4 Å². The first-order valence-electron chi connectivity index (χ1n) is 8.08. The summed E-state index contributed by atoms with van der Waals surface area (Å²) in [6.45, 7) is 8.23. The van der Waals surface area contributed by atoms with Crippen LogP contribution in [-0.2, 0) is 6.54 Å². The Bertz CT molecular complexity index is 619. The van der Waals surface area contributed by atoms with Gasteiger partial charge in [-0.3, -0.25) is 4.90 Å². The Hall–Kier alpha value is -1.72. The molecule has 0 amide bonds. The highest BCUT2D eigenvalue weighted by Crippen LogP contribution is 2.22. The summed E-state index contributed by atoms with van der Waals surface area (Å²) in [6.07, 6.45) is 4.31. The van der Waals surface area contributed by atoms with Gasteiger partial charge in [0.25, 0.3) is 0 Å². The number of nitrogens with two attached hydrogens (primary N) is 1. The summed E-state index contributed by atoms with van der Waals surface area (Å²) in [4.78, 5) is 6.92. The lowest BCUT2D eigenvalue weighted by Gasteiger charge is -2.32. The molecule has 1 atom stereocenters. The highest BCUT2D eigenvalue weighted by Gasteiger charge is 2.21. The normalized spacial score (nSPS) is 19.5. The van der Waals surface area contributed by atoms with Crippen molar-refractivity contribution in [3.63, 3.8) is 0 Å². The Morgan fingerprint density at radius 3 is 2.91 bits per heavy atom. The number of aromatic nitrogens is 3. The zero-order chi connectivity index (χ0) is 15.5. The molecule has 3 heterocycles. The Labute approximate surface area is 132 Å². The second-order valence-corrected chi connectivity index (χ2v) is 6.23. The van der Waals surface area contributed by atoms with Gasteiger partial charge in [0.15, 0.2) is 5.82 Å². The third kappa shape index (κ3) is 3.05. The van der Waals surface area contributed by atoms with Crippen LogP contribution < -0.4 is 5.73 Å². The molecular weight excluding hydrogens is 274 g/mol. The molecule has 0 spiro atoms. The van der Waals surface area contributed by atoms with E-state index >= 15 is 0 Å². The molecule has 2 N–H and O–H groups in total. The van der Waals surface area contributed by atoms with Crippen molar-refractivity contribution in [2.45, 2.75) is 33.2 Å². The van der Waals surface area contributed by atoms with Crippen LogP contribution in [0.3, 0.4) is 0 Å². The van der Waals surface area contributed by atoms with Gasteiger partial charge in [0.2, 0.25) is 0 Å². The molecule has 22 heavy (non-hydrogen) atoms. The summed E-state index contributed by atoms with van der Waals surface area (Å²) in [5.74, 6) is 1.52. The van der Waals surface area contributed by atoms with Crippen LogP contribution in [0.4, 0.5) is 0 Å². The number of hydrogen-bond acceptors (Lipinski definition) is 4. The number of nitrogens with zero attached hydrogens (tertiary/aromatic N) is 4. The fraction of sp³-hybridized carbons (Fsp3) is 0.529. The predicted molar refractivity (Wildman–Crippen MR) is 87.9 cm³/mol. The van der Waals surface area contributed by atoms with Gasteiger partial charge in [0, 0.05) is 30.5 Å². The van der Waals surface area contributed by atoms with Gasteiger partial charge in [-0.1, -0.05) is 6.07 Å². The van der Waals surface area contributed by atoms with Crippen LogP contribution in [-0.4, -0.2) is 39.3 Å². The third-order valence-electron chi connectivity index (χ3n) is 4.63. The average Bonchev–Trinajstić information content (AvgIpc) is 2.84. The van der Waals surface area contributed by atoms with Crippen molar-refractivity contribution >= 4 is 0 Å². The largest absolute Gasteiger partial charge is 0.330 e. The smallest absolute Gasteiger partial charge is 0.153 e. The first-order chi connectivity index (χ1) is 10.7. The van der Waals surface area contributed by atoms with Crippen molar-refractivity contribution in [1.82, 2.24) is 19.7 Å². The van der Waals surface area contributed by atoms with E-state index < -0.39 is 0 Å². The second kappa shape index (κ2) is 6.58. The Kier molecular flexibility index (Phi) is 4.55. The molecule has 2 aromatic heterocycles. The molecule has 5 nitrogen and oxygen atoms in total. The molecule has 0 aliphatic carbocycles. The van der Waals surface area contributed by atoms with Crippen LogP contribution in [0.25, 0.3) is 5.82 Å². The van der Waals surface area contributed by atoms with Gasteiger partial charge >= 0.3 is 0 Å². The van der Waals surface area contributed by atoms with E-state index in [0.29, 0.717) is 5.92 Å². The van der Waals surface area contributed by atoms with Crippen LogP contribution >= 0.6 is 0 Å². The quantitative estimate of drug-likeness (QED) is 0.938. The minimum Gasteiger partial charge on any atom is -0.330 e. The number of likely N-dealkylation sites (tertiary alicyclic amines) is 1. The van der Waals surface area contributed by atoms with Crippen LogP contribution in [0.2, 0.25) is 0 Å². The van der Waals surface area contributed by atoms with E-state index in [1.54, 1.807) is 0 Å². The average molecular weight is 299 g/mol. The maximum Gasteiger partial charge on any atom is 0.153 e. The number of hydrogen-bond donors (Lipinski definition) is 1. The Balaban J connectivity index is 1.81. The van der Waals surface area contributed by atoms with E-state index in [1.807, 2.05) is 29.1 Å². The molecule has 2 aromatic rings. The molecule has 118 valence electrons. The van der Waals surface area contributed by atoms with Gasteiger partial charge in [-0.2, -0.15) is 5.10 Å². The molecule has 1 aliphatic rings. The lowest BCUT2D eigenvalue weighted by molar-refractivity contribution is 0.170. The van der Waals surface area contributed by atoms with Crippen molar-refractivity contribution in [1.29, 1.82) is 0 Å². The van der Waals surface area contributed by atoms with E-state index in [0.717, 1.165) is 37.7 Å². The summed E-state index contributed by atoms with van der Waals surface area (Å²) < 4.78 is 1.95. The van der Waals surface area contributed by atoms with E-state index in [4.69, 9.17) is 5.73 Å². The summed E-state index contributed by atoms with van der Waals surface area (Å²) in [5, 5.41) is 4.69. The summed E-state index contributed by atoms with van der Waals surface area (Å²) in [6, 6.07) is 5.92. The van der Waals surface area contributed by atoms with Crippen molar-refractivity contribution in [3.05, 3.63) is 41.3 Å². The van der Waals surface area contributed by atoms with Gasteiger partial charge < -0.3 is 5.73 Å². The Morgan fingerprint density at radius 1 is 1.32 bits per heavy atom. The van der Waals surface area contributed by atoms with Crippen LogP contribution in [0, 0.1) is 19.8 Å². The van der Waals surface area contributed by atoms with E-state index in [2.05, 4.69) is 28.8 Å². The highest BCUT2D eigenvalue weighted by molar-refractivity contribution is 5.32. The first kappa shape index (κ1) is 15.2. The number of piperidine rings is 1. The van der Waals surface area contributed by atoms with Crippen molar-refractivity contribution < 1.29 is 0 Å². The monoisotopic (exact) mass is 299 g/mol. The summed E-state index contributed by atoms with van der Waals surface area (Å²) >= 11 is 0. The minimum absolute atomic E-state index is 0.639. The fourth-order valence-corrected chi connectivity index (χ4v) is 3.32. The van der Waals surface area contributed by atoms with Crippen molar-refractivity contribution in [3.8, 4) is 5.82 Å². The summed E-state index contributed by atoms with van der Waals surface area (Å²) in [5.41, 5.74) is 9.45. The van der Waals surface area contributed by atoms with Crippen molar-refractivity contribution in [2.24, 2.45) is 11.7 Å². The van der Waals surface area contributed by atoms with Crippen LogP contribution in [0.1, 0.15) is 29.8 Å². The lowest BCUT2D eigenvalue weighted by Crippen LogP contribution is -2.38. The predicted octanol–water partition coefficient (Wildman–Crippen LogP) is 2.05. The molecular formula is C17H25N5. The van der Waals surface area contributed by atoms with Gasteiger partial charge in [-0.05, 0) is 57.8 Å². The molecule has 3 rings (SSSR count). The minimum atomic E-state index is 0.639. The third-order valence-corrected chi connectivity index (χ3v) is 4.63. The van der Waals surface area contributed by atoms with E-state index in [9.17, 15) is 0 Å². The molecule has 0 radical (unpaired) electrons. The van der Waals surface area contributed by atoms with Gasteiger partial charge in [-0.25, -0.2) is 9.67 Å². The molecule has 0 aromatic carbocycles. The molecule has 1 unspecified atom stereocenters. The topological polar surface area (TPSA) is 60.0 Å². The highest BCUT2D eigenvalue weighted by atomic mass is 15.3. The second-order valence-electron chi connectivity index (χ2n) is 6.23. The number of rotatable bonds is 4. The van der Waals surface area contributed by atoms with Gasteiger partial charge in [0.05, 0.1) is 5.69 Å². The standard InChI is InChI=1S/C17H25N5/c1-13-16(12-21-9-5-6-15(10-18)11-21)14(2)22(20-13)17-7-3-4-8-19-17/h3-4,7-8,15H,5-6,9-12,18H2,1-2H3.